The molecule has 4 heteroatoms. The number of hydrogen-bond acceptors (Lipinski definition) is 3. The molecule has 0 amide bonds. The summed E-state index contributed by atoms with van der Waals surface area (Å²) in [6.45, 7) is 0.676. The second-order valence-corrected chi connectivity index (χ2v) is 4.03. The minimum Gasteiger partial charge on any atom is -0.456 e. The van der Waals surface area contributed by atoms with Gasteiger partial charge in [0.2, 0.25) is 0 Å². The van der Waals surface area contributed by atoms with Gasteiger partial charge in [0.25, 0.3) is 0 Å². The van der Waals surface area contributed by atoms with Crippen LogP contribution in [0.25, 0.3) is 0 Å². The van der Waals surface area contributed by atoms with Crippen molar-refractivity contribution in [3.05, 3.63) is 59.4 Å². The Bertz CT molecular complexity index is 620. The third-order valence-corrected chi connectivity index (χ3v) is 2.57. The Morgan fingerprint density at radius 3 is 2.79 bits per heavy atom. The van der Waals surface area contributed by atoms with Gasteiger partial charge in [0.05, 0.1) is 5.56 Å². The van der Waals surface area contributed by atoms with Gasteiger partial charge in [-0.25, -0.2) is 4.39 Å². The fourth-order valence-electron chi connectivity index (χ4n) is 1.73. The van der Waals surface area contributed by atoms with Crippen molar-refractivity contribution in [3.63, 3.8) is 0 Å². The molecule has 0 aliphatic rings. The van der Waals surface area contributed by atoms with Crippen LogP contribution >= 0.6 is 0 Å². The van der Waals surface area contributed by atoms with E-state index < -0.39 is 0 Å². The molecule has 0 saturated heterocycles. The van der Waals surface area contributed by atoms with Crippen molar-refractivity contribution in [2.75, 3.05) is 7.05 Å². The maximum Gasteiger partial charge on any atom is 0.145 e. The number of rotatable bonds is 4. The lowest BCUT2D eigenvalue weighted by Crippen LogP contribution is -2.05. The maximum absolute atomic E-state index is 13.1. The van der Waals surface area contributed by atoms with Gasteiger partial charge in [-0.3, -0.25) is 0 Å². The van der Waals surface area contributed by atoms with E-state index in [9.17, 15) is 4.39 Å². The fraction of sp³-hybridized carbons (Fsp3) is 0.133. The zero-order chi connectivity index (χ0) is 13.7. The van der Waals surface area contributed by atoms with Gasteiger partial charge in [0.15, 0.2) is 0 Å². The SMILES string of the molecule is CNCc1ccc(Oc2cccc(F)c2)c(C#N)c1. The number of nitrogens with zero attached hydrogens (tertiary/aromatic N) is 1. The Balaban J connectivity index is 2.28. The summed E-state index contributed by atoms with van der Waals surface area (Å²) in [5.41, 5.74) is 1.42. The molecule has 0 bridgehead atoms. The first kappa shape index (κ1) is 13.1. The summed E-state index contributed by atoms with van der Waals surface area (Å²) in [5, 5.41) is 12.1. The number of hydrogen-bond donors (Lipinski definition) is 1. The van der Waals surface area contributed by atoms with Crippen molar-refractivity contribution in [1.29, 1.82) is 5.26 Å². The van der Waals surface area contributed by atoms with Gasteiger partial charge in [-0.1, -0.05) is 12.1 Å². The summed E-state index contributed by atoms with van der Waals surface area (Å²) in [4.78, 5) is 0. The average Bonchev–Trinajstić information content (AvgIpc) is 2.41. The lowest BCUT2D eigenvalue weighted by molar-refractivity contribution is 0.475. The first-order valence-corrected chi connectivity index (χ1v) is 5.84. The lowest BCUT2D eigenvalue weighted by Gasteiger charge is -2.09. The molecule has 1 N–H and O–H groups in total. The largest absolute Gasteiger partial charge is 0.456 e. The van der Waals surface area contributed by atoms with Gasteiger partial charge in [-0.2, -0.15) is 5.26 Å². The standard InChI is InChI=1S/C15H13FN2O/c1-18-10-11-5-6-15(12(7-11)9-17)19-14-4-2-3-13(16)8-14/h2-8,18H,10H2,1H3. The van der Waals surface area contributed by atoms with E-state index in [1.54, 1.807) is 24.3 Å². The van der Waals surface area contributed by atoms with Gasteiger partial charge in [-0.15, -0.1) is 0 Å². The quantitative estimate of drug-likeness (QED) is 0.913. The third kappa shape index (κ3) is 3.30. The van der Waals surface area contributed by atoms with Crippen molar-refractivity contribution < 1.29 is 9.13 Å². The Labute approximate surface area is 111 Å². The van der Waals surface area contributed by atoms with Crippen LogP contribution in [0.5, 0.6) is 11.5 Å². The molecule has 0 spiro atoms. The van der Waals surface area contributed by atoms with Gasteiger partial charge in [0.1, 0.15) is 23.4 Å². The number of nitrogens with one attached hydrogen (secondary N) is 1. The summed E-state index contributed by atoms with van der Waals surface area (Å²) >= 11 is 0. The Morgan fingerprint density at radius 2 is 2.11 bits per heavy atom. The van der Waals surface area contributed by atoms with Gasteiger partial charge < -0.3 is 10.1 Å². The lowest BCUT2D eigenvalue weighted by atomic mass is 10.1. The fourth-order valence-corrected chi connectivity index (χ4v) is 1.73. The number of benzene rings is 2. The normalized spacial score (nSPS) is 9.95. The van der Waals surface area contributed by atoms with Crippen LogP contribution in [0, 0.1) is 17.1 Å². The van der Waals surface area contributed by atoms with Crippen molar-refractivity contribution in [3.8, 4) is 17.6 Å². The van der Waals surface area contributed by atoms with E-state index in [4.69, 9.17) is 10.00 Å². The molecule has 0 aromatic heterocycles. The van der Waals surface area contributed by atoms with Gasteiger partial charge in [-0.05, 0) is 36.9 Å². The molecule has 0 aliphatic heterocycles. The molecular formula is C15H13FN2O. The van der Waals surface area contributed by atoms with Crippen LogP contribution in [-0.4, -0.2) is 7.05 Å². The highest BCUT2D eigenvalue weighted by Gasteiger charge is 2.06. The topological polar surface area (TPSA) is 45.0 Å². The highest BCUT2D eigenvalue weighted by Crippen LogP contribution is 2.26. The molecular weight excluding hydrogens is 243 g/mol. The van der Waals surface area contributed by atoms with Crippen LogP contribution in [0.15, 0.2) is 42.5 Å². The van der Waals surface area contributed by atoms with Crippen molar-refractivity contribution in [2.45, 2.75) is 6.54 Å². The molecule has 0 radical (unpaired) electrons. The zero-order valence-corrected chi connectivity index (χ0v) is 10.5. The van der Waals surface area contributed by atoms with E-state index in [2.05, 4.69) is 11.4 Å². The molecule has 2 rings (SSSR count). The molecule has 0 aliphatic carbocycles. The van der Waals surface area contributed by atoms with Crippen molar-refractivity contribution in [1.82, 2.24) is 5.32 Å². The Hall–Kier alpha value is -2.38. The molecule has 3 nitrogen and oxygen atoms in total. The first-order chi connectivity index (χ1) is 9.22. The van der Waals surface area contributed by atoms with Crippen LogP contribution in [0.3, 0.4) is 0 Å². The smallest absolute Gasteiger partial charge is 0.145 e. The molecule has 2 aromatic rings. The first-order valence-electron chi connectivity index (χ1n) is 5.84. The van der Waals surface area contributed by atoms with Crippen LogP contribution in [0.1, 0.15) is 11.1 Å². The second-order valence-electron chi connectivity index (χ2n) is 4.03. The van der Waals surface area contributed by atoms with E-state index in [-0.39, 0.29) is 5.82 Å². The molecule has 0 atom stereocenters. The molecule has 96 valence electrons. The molecule has 19 heavy (non-hydrogen) atoms. The van der Waals surface area contributed by atoms with E-state index >= 15 is 0 Å². The average molecular weight is 256 g/mol. The maximum atomic E-state index is 13.1. The van der Waals surface area contributed by atoms with Crippen LogP contribution in [0.4, 0.5) is 4.39 Å². The second kappa shape index (κ2) is 5.98. The van der Waals surface area contributed by atoms with Crippen LogP contribution < -0.4 is 10.1 Å². The number of halogens is 1. The molecule has 2 aromatic carbocycles. The summed E-state index contributed by atoms with van der Waals surface area (Å²) in [5.74, 6) is 0.425. The predicted octanol–water partition coefficient (Wildman–Crippen LogP) is 3.21. The summed E-state index contributed by atoms with van der Waals surface area (Å²) in [6.07, 6.45) is 0. The summed E-state index contributed by atoms with van der Waals surface area (Å²) < 4.78 is 18.6. The number of ether oxygens (including phenoxy) is 1. The van der Waals surface area contributed by atoms with Gasteiger partial charge >= 0.3 is 0 Å². The van der Waals surface area contributed by atoms with Crippen LogP contribution in [-0.2, 0) is 6.54 Å². The van der Waals surface area contributed by atoms with Crippen molar-refractivity contribution >= 4 is 0 Å². The van der Waals surface area contributed by atoms with E-state index in [0.29, 0.717) is 23.6 Å². The minimum atomic E-state index is -0.372. The third-order valence-electron chi connectivity index (χ3n) is 2.57. The molecule has 0 fully saturated rings. The van der Waals surface area contributed by atoms with E-state index in [1.165, 1.54) is 12.1 Å². The zero-order valence-electron chi connectivity index (χ0n) is 10.5. The number of nitriles is 1. The summed E-state index contributed by atoms with van der Waals surface area (Å²) in [7, 11) is 1.84. The highest BCUT2D eigenvalue weighted by molar-refractivity contribution is 5.47. The predicted molar refractivity (Wildman–Crippen MR) is 70.4 cm³/mol. The van der Waals surface area contributed by atoms with Crippen molar-refractivity contribution in [2.24, 2.45) is 0 Å². The highest BCUT2D eigenvalue weighted by atomic mass is 19.1. The summed E-state index contributed by atoms with van der Waals surface area (Å²) in [6, 6.07) is 13.3. The Morgan fingerprint density at radius 1 is 1.26 bits per heavy atom. The van der Waals surface area contributed by atoms with E-state index in [1.807, 2.05) is 13.1 Å². The van der Waals surface area contributed by atoms with E-state index in [0.717, 1.165) is 5.56 Å². The Kier molecular flexibility index (Phi) is 4.11. The van der Waals surface area contributed by atoms with Gasteiger partial charge in [0, 0.05) is 12.6 Å². The minimum absolute atomic E-state index is 0.372. The molecule has 0 saturated carbocycles. The van der Waals surface area contributed by atoms with Crippen LogP contribution in [0.2, 0.25) is 0 Å². The monoisotopic (exact) mass is 256 g/mol. The molecule has 0 unspecified atom stereocenters. The molecule has 0 heterocycles.